The third-order valence-electron chi connectivity index (χ3n) is 2.29. The molecule has 0 aliphatic carbocycles. The lowest BCUT2D eigenvalue weighted by molar-refractivity contribution is 0.580. The van der Waals surface area contributed by atoms with Gasteiger partial charge in [-0.15, -0.1) is 0 Å². The minimum atomic E-state index is 0.280. The number of aryl methyl sites for hydroxylation is 1. The summed E-state index contributed by atoms with van der Waals surface area (Å²) in [6.07, 6.45) is 7.15. The number of nitrogens with one attached hydrogen (secondary N) is 1. The molecule has 3 nitrogen and oxygen atoms in total. The van der Waals surface area contributed by atoms with E-state index in [9.17, 15) is 0 Å². The fourth-order valence-corrected chi connectivity index (χ4v) is 1.55. The second-order valence-corrected chi connectivity index (χ2v) is 4.11. The van der Waals surface area contributed by atoms with Crippen LogP contribution in [-0.4, -0.2) is 16.1 Å². The minimum Gasteiger partial charge on any atom is -0.336 e. The highest BCUT2D eigenvalue weighted by Crippen LogP contribution is 2.14. The van der Waals surface area contributed by atoms with E-state index in [1.165, 1.54) is 11.3 Å². The summed E-state index contributed by atoms with van der Waals surface area (Å²) in [5.41, 5.74) is 2.54. The summed E-state index contributed by atoms with van der Waals surface area (Å²) in [6, 6.07) is 0.280. The van der Waals surface area contributed by atoms with Crippen molar-refractivity contribution < 1.29 is 0 Å². The van der Waals surface area contributed by atoms with Crippen LogP contribution in [0.25, 0.3) is 0 Å². The quantitative estimate of drug-likeness (QED) is 0.751. The fourth-order valence-electron chi connectivity index (χ4n) is 1.55. The van der Waals surface area contributed by atoms with Crippen molar-refractivity contribution in [3.05, 3.63) is 29.9 Å². The third kappa shape index (κ3) is 3.51. The van der Waals surface area contributed by atoms with Crippen molar-refractivity contribution in [1.29, 1.82) is 0 Å². The summed E-state index contributed by atoms with van der Waals surface area (Å²) in [7, 11) is 2.03. The van der Waals surface area contributed by atoms with E-state index in [0.29, 0.717) is 0 Å². The Morgan fingerprint density at radius 2 is 2.33 bits per heavy atom. The Morgan fingerprint density at radius 1 is 1.60 bits per heavy atom. The molecule has 0 aliphatic rings. The van der Waals surface area contributed by atoms with Gasteiger partial charge < -0.3 is 9.88 Å². The van der Waals surface area contributed by atoms with E-state index in [4.69, 9.17) is 0 Å². The maximum absolute atomic E-state index is 4.15. The highest BCUT2D eigenvalue weighted by molar-refractivity contribution is 5.15. The molecule has 0 saturated heterocycles. The first-order chi connectivity index (χ1) is 7.15. The second-order valence-electron chi connectivity index (χ2n) is 4.11. The van der Waals surface area contributed by atoms with Crippen molar-refractivity contribution in [2.24, 2.45) is 7.05 Å². The van der Waals surface area contributed by atoms with Gasteiger partial charge in [0.05, 0.1) is 24.3 Å². The molecule has 15 heavy (non-hydrogen) atoms. The van der Waals surface area contributed by atoms with Gasteiger partial charge in [-0.25, -0.2) is 4.98 Å². The number of hydrogen-bond acceptors (Lipinski definition) is 2. The van der Waals surface area contributed by atoms with Crippen LogP contribution in [0.15, 0.2) is 24.2 Å². The van der Waals surface area contributed by atoms with Gasteiger partial charge in [-0.2, -0.15) is 0 Å². The van der Waals surface area contributed by atoms with E-state index < -0.39 is 0 Å². The molecule has 0 bridgehead atoms. The zero-order valence-electron chi connectivity index (χ0n) is 10.1. The van der Waals surface area contributed by atoms with Gasteiger partial charge >= 0.3 is 0 Å². The summed E-state index contributed by atoms with van der Waals surface area (Å²) in [6.45, 7) is 7.45. The smallest absolute Gasteiger partial charge is 0.0946 e. The summed E-state index contributed by atoms with van der Waals surface area (Å²) >= 11 is 0. The number of nitrogens with zero attached hydrogens (tertiary/aromatic N) is 2. The second kappa shape index (κ2) is 5.71. The molecule has 0 aliphatic heterocycles. The first-order valence-electron chi connectivity index (χ1n) is 5.49. The number of hydrogen-bond donors (Lipinski definition) is 1. The molecule has 0 fully saturated rings. The highest BCUT2D eigenvalue weighted by Gasteiger charge is 2.10. The predicted octanol–water partition coefficient (Wildman–Crippen LogP) is 2.43. The largest absolute Gasteiger partial charge is 0.336 e. The van der Waals surface area contributed by atoms with Crippen molar-refractivity contribution in [2.45, 2.75) is 33.2 Å². The maximum Gasteiger partial charge on any atom is 0.0946 e. The van der Waals surface area contributed by atoms with Crippen LogP contribution in [0.1, 0.15) is 38.9 Å². The van der Waals surface area contributed by atoms with Gasteiger partial charge in [-0.05, 0) is 26.8 Å². The summed E-state index contributed by atoms with van der Waals surface area (Å²) in [4.78, 5) is 4.15. The summed E-state index contributed by atoms with van der Waals surface area (Å²) < 4.78 is 2.06. The van der Waals surface area contributed by atoms with E-state index in [0.717, 1.165) is 13.0 Å². The van der Waals surface area contributed by atoms with E-state index >= 15 is 0 Å². The lowest BCUT2D eigenvalue weighted by Crippen LogP contribution is -2.22. The summed E-state index contributed by atoms with van der Waals surface area (Å²) in [5.74, 6) is 0. The highest BCUT2D eigenvalue weighted by atomic mass is 15.1. The molecule has 1 aromatic heterocycles. The van der Waals surface area contributed by atoms with Crippen LogP contribution < -0.4 is 5.32 Å². The average Bonchev–Trinajstić information content (AvgIpc) is 2.58. The average molecular weight is 207 g/mol. The van der Waals surface area contributed by atoms with Crippen LogP contribution in [0.2, 0.25) is 0 Å². The zero-order valence-corrected chi connectivity index (χ0v) is 10.1. The first-order valence-corrected chi connectivity index (χ1v) is 5.49. The topological polar surface area (TPSA) is 29.9 Å². The Kier molecular flexibility index (Phi) is 4.56. The normalized spacial score (nSPS) is 12.5. The van der Waals surface area contributed by atoms with Crippen LogP contribution in [0.5, 0.6) is 0 Å². The van der Waals surface area contributed by atoms with Gasteiger partial charge in [0.2, 0.25) is 0 Å². The lowest BCUT2D eigenvalue weighted by Gasteiger charge is -2.15. The minimum absolute atomic E-state index is 0.280. The number of rotatable bonds is 5. The van der Waals surface area contributed by atoms with Crippen molar-refractivity contribution in [3.63, 3.8) is 0 Å². The van der Waals surface area contributed by atoms with E-state index in [2.05, 4.69) is 41.7 Å². The molecule has 3 heteroatoms. The summed E-state index contributed by atoms with van der Waals surface area (Å²) in [5, 5.41) is 3.51. The molecular weight excluding hydrogens is 186 g/mol. The molecule has 84 valence electrons. The first kappa shape index (κ1) is 12.0. The Morgan fingerprint density at radius 3 is 2.80 bits per heavy atom. The molecule has 1 unspecified atom stereocenters. The molecule has 0 radical (unpaired) electrons. The van der Waals surface area contributed by atoms with Crippen LogP contribution in [0.4, 0.5) is 0 Å². The molecule has 0 aromatic carbocycles. The van der Waals surface area contributed by atoms with Crippen LogP contribution in [0.3, 0.4) is 0 Å². The Labute approximate surface area is 92.2 Å². The molecule has 1 heterocycles. The lowest BCUT2D eigenvalue weighted by atomic mass is 10.1. The van der Waals surface area contributed by atoms with Crippen LogP contribution in [0, 0.1) is 0 Å². The monoisotopic (exact) mass is 207 g/mol. The maximum atomic E-state index is 4.15. The predicted molar refractivity (Wildman–Crippen MR) is 63.7 cm³/mol. The molecule has 1 atom stereocenters. The number of allylic oxidation sites excluding steroid dienone is 1. The van der Waals surface area contributed by atoms with Crippen LogP contribution in [-0.2, 0) is 7.05 Å². The van der Waals surface area contributed by atoms with Crippen molar-refractivity contribution in [2.75, 3.05) is 6.54 Å². The van der Waals surface area contributed by atoms with Gasteiger partial charge in [0.25, 0.3) is 0 Å². The van der Waals surface area contributed by atoms with Crippen LogP contribution >= 0.6 is 0 Å². The Hall–Kier alpha value is -1.09. The molecule has 0 saturated carbocycles. The van der Waals surface area contributed by atoms with Gasteiger partial charge in [0.1, 0.15) is 0 Å². The molecule has 1 rings (SSSR count). The van der Waals surface area contributed by atoms with E-state index in [-0.39, 0.29) is 6.04 Å². The van der Waals surface area contributed by atoms with E-state index in [1.807, 2.05) is 19.6 Å². The fraction of sp³-hybridized carbons (Fsp3) is 0.583. The number of imidazole rings is 1. The number of aromatic nitrogens is 2. The molecular formula is C12H21N3. The standard InChI is InChI=1S/C12H21N3/c1-5-6-14-11(7-10(2)3)12-8-13-9-15(12)4/h7-9,11,14H,5-6H2,1-4H3. The van der Waals surface area contributed by atoms with Crippen molar-refractivity contribution in [3.8, 4) is 0 Å². The Balaban J connectivity index is 2.81. The molecule has 0 amide bonds. The zero-order chi connectivity index (χ0) is 11.3. The van der Waals surface area contributed by atoms with E-state index in [1.54, 1.807) is 0 Å². The third-order valence-corrected chi connectivity index (χ3v) is 2.29. The van der Waals surface area contributed by atoms with Gasteiger partial charge in [-0.3, -0.25) is 0 Å². The SMILES string of the molecule is CCCNC(C=C(C)C)c1cncn1C. The van der Waals surface area contributed by atoms with Gasteiger partial charge in [0.15, 0.2) is 0 Å². The van der Waals surface area contributed by atoms with Gasteiger partial charge in [0, 0.05) is 7.05 Å². The molecule has 1 aromatic rings. The molecule has 1 N–H and O–H groups in total. The Bertz CT molecular complexity index is 321. The van der Waals surface area contributed by atoms with Crippen molar-refractivity contribution >= 4 is 0 Å². The van der Waals surface area contributed by atoms with Crippen molar-refractivity contribution in [1.82, 2.24) is 14.9 Å². The van der Waals surface area contributed by atoms with Gasteiger partial charge in [-0.1, -0.05) is 18.6 Å². The molecule has 0 spiro atoms.